The van der Waals surface area contributed by atoms with Gasteiger partial charge in [0.25, 0.3) is 10.1 Å². The van der Waals surface area contributed by atoms with Crippen LogP contribution in [0.5, 0.6) is 0 Å². The third-order valence-electron chi connectivity index (χ3n) is 3.81. The van der Waals surface area contributed by atoms with Gasteiger partial charge in [-0.15, -0.1) is 0 Å². The van der Waals surface area contributed by atoms with Gasteiger partial charge in [0.15, 0.2) is 0 Å². The van der Waals surface area contributed by atoms with Crippen LogP contribution in [0.3, 0.4) is 0 Å². The largest absolute Gasteiger partial charge is 0.270 e. The van der Waals surface area contributed by atoms with Gasteiger partial charge in [-0.2, -0.15) is 8.42 Å². The molecule has 0 radical (unpaired) electrons. The first-order valence-electron chi connectivity index (χ1n) is 6.61. The first-order valence-corrected chi connectivity index (χ1v) is 8.19. The summed E-state index contributed by atoms with van der Waals surface area (Å²) in [6, 6.07) is 0. The summed E-state index contributed by atoms with van der Waals surface area (Å²) < 4.78 is 27.9. The van der Waals surface area contributed by atoms with Gasteiger partial charge in [0.1, 0.15) is 0 Å². The fraction of sp³-hybridized carbons (Fsp3) is 1.00. The fourth-order valence-electron chi connectivity index (χ4n) is 2.71. The van der Waals surface area contributed by atoms with Crippen LogP contribution in [0.25, 0.3) is 0 Å². The maximum absolute atomic E-state index is 11.6. The molecule has 0 saturated heterocycles. The van der Waals surface area contributed by atoms with E-state index in [0.717, 1.165) is 31.6 Å². The predicted molar refractivity (Wildman–Crippen MR) is 70.3 cm³/mol. The van der Waals surface area contributed by atoms with E-state index in [4.69, 9.17) is 4.18 Å². The third kappa shape index (κ3) is 4.96. The summed E-state index contributed by atoms with van der Waals surface area (Å²) in [5.74, 6) is 1.23. The fourth-order valence-corrected chi connectivity index (χ4v) is 4.08. The van der Waals surface area contributed by atoms with Crippen LogP contribution < -0.4 is 0 Å². The standard InChI is InChI=1S/C13H26O3S/c1-5-16-17(14,15)10-11-6-8-12(9-7-11)13(2,3)4/h11-12H,5-10H2,1-4H3. The summed E-state index contributed by atoms with van der Waals surface area (Å²) in [6.45, 7) is 8.78. The van der Waals surface area contributed by atoms with Crippen LogP contribution in [0.1, 0.15) is 53.4 Å². The molecule has 1 aliphatic rings. The van der Waals surface area contributed by atoms with Crippen molar-refractivity contribution < 1.29 is 12.6 Å². The van der Waals surface area contributed by atoms with Gasteiger partial charge in [0, 0.05) is 0 Å². The monoisotopic (exact) mass is 262 g/mol. The first kappa shape index (κ1) is 15.0. The molecule has 1 saturated carbocycles. The summed E-state index contributed by atoms with van der Waals surface area (Å²) in [4.78, 5) is 0. The van der Waals surface area contributed by atoms with Crippen LogP contribution in [-0.4, -0.2) is 20.8 Å². The van der Waals surface area contributed by atoms with Crippen molar-refractivity contribution in [2.45, 2.75) is 53.4 Å². The van der Waals surface area contributed by atoms with E-state index in [0.29, 0.717) is 11.3 Å². The molecule has 1 aliphatic carbocycles. The van der Waals surface area contributed by atoms with Crippen LogP contribution in [0, 0.1) is 17.3 Å². The number of rotatable bonds is 4. The maximum atomic E-state index is 11.6. The Labute approximate surface area is 106 Å². The van der Waals surface area contributed by atoms with E-state index in [1.165, 1.54) is 0 Å². The summed E-state index contributed by atoms with van der Waals surface area (Å²) in [5.41, 5.74) is 0.351. The second kappa shape index (κ2) is 5.70. The summed E-state index contributed by atoms with van der Waals surface area (Å²) >= 11 is 0. The van der Waals surface area contributed by atoms with E-state index in [2.05, 4.69) is 20.8 Å². The Morgan fingerprint density at radius 3 is 2.06 bits per heavy atom. The zero-order valence-corrected chi connectivity index (χ0v) is 12.3. The highest BCUT2D eigenvalue weighted by Crippen LogP contribution is 2.40. The molecule has 0 amide bonds. The summed E-state index contributed by atoms with van der Waals surface area (Å²) in [7, 11) is -3.28. The van der Waals surface area contributed by atoms with E-state index < -0.39 is 10.1 Å². The normalized spacial score (nSPS) is 27.1. The lowest BCUT2D eigenvalue weighted by Gasteiger charge is -2.36. The molecule has 3 nitrogen and oxygen atoms in total. The van der Waals surface area contributed by atoms with Gasteiger partial charge in [-0.1, -0.05) is 20.8 Å². The molecule has 0 aromatic rings. The molecule has 0 aromatic carbocycles. The number of hydrogen-bond acceptors (Lipinski definition) is 3. The van der Waals surface area contributed by atoms with Crippen molar-refractivity contribution in [2.75, 3.05) is 12.4 Å². The molecule has 17 heavy (non-hydrogen) atoms. The quantitative estimate of drug-likeness (QED) is 0.731. The van der Waals surface area contributed by atoms with Crippen molar-refractivity contribution in [1.82, 2.24) is 0 Å². The van der Waals surface area contributed by atoms with Crippen molar-refractivity contribution in [3.05, 3.63) is 0 Å². The van der Waals surface area contributed by atoms with Gasteiger partial charge in [0.05, 0.1) is 12.4 Å². The van der Waals surface area contributed by atoms with Crippen molar-refractivity contribution in [3.63, 3.8) is 0 Å². The molecular formula is C13H26O3S. The van der Waals surface area contributed by atoms with Crippen LogP contribution in [-0.2, 0) is 14.3 Å². The number of hydrogen-bond donors (Lipinski definition) is 0. The molecule has 0 aromatic heterocycles. The minimum absolute atomic E-state index is 0.206. The lowest BCUT2D eigenvalue weighted by atomic mass is 9.70. The molecule has 0 unspecified atom stereocenters. The molecule has 0 spiro atoms. The molecule has 0 aliphatic heterocycles. The Morgan fingerprint density at radius 2 is 1.65 bits per heavy atom. The van der Waals surface area contributed by atoms with E-state index >= 15 is 0 Å². The Hall–Kier alpha value is -0.0900. The van der Waals surface area contributed by atoms with E-state index in [1.54, 1.807) is 6.92 Å². The average Bonchev–Trinajstić information content (AvgIpc) is 2.16. The molecule has 1 fully saturated rings. The highest BCUT2D eigenvalue weighted by Gasteiger charge is 2.31. The minimum Gasteiger partial charge on any atom is -0.270 e. The molecule has 0 N–H and O–H groups in total. The van der Waals surface area contributed by atoms with Gasteiger partial charge >= 0.3 is 0 Å². The Bertz CT molecular complexity index is 319. The summed E-state index contributed by atoms with van der Waals surface area (Å²) in [6.07, 6.45) is 4.34. The molecule has 0 heterocycles. The topological polar surface area (TPSA) is 43.4 Å². The second-order valence-corrected chi connectivity index (χ2v) is 7.90. The first-order chi connectivity index (χ1) is 7.74. The van der Waals surface area contributed by atoms with Crippen molar-refractivity contribution in [1.29, 1.82) is 0 Å². The average molecular weight is 262 g/mol. The Morgan fingerprint density at radius 1 is 1.12 bits per heavy atom. The van der Waals surface area contributed by atoms with E-state index in [-0.39, 0.29) is 12.4 Å². The molecule has 0 bridgehead atoms. The Kier molecular flexibility index (Phi) is 5.02. The lowest BCUT2D eigenvalue weighted by Crippen LogP contribution is -2.29. The highest BCUT2D eigenvalue weighted by atomic mass is 32.2. The van der Waals surface area contributed by atoms with Gasteiger partial charge in [-0.25, -0.2) is 0 Å². The SMILES string of the molecule is CCOS(=O)(=O)CC1CCC(C(C)(C)C)CC1. The Balaban J connectivity index is 2.43. The van der Waals surface area contributed by atoms with Gasteiger partial charge in [-0.3, -0.25) is 4.18 Å². The highest BCUT2D eigenvalue weighted by molar-refractivity contribution is 7.86. The summed E-state index contributed by atoms with van der Waals surface area (Å²) in [5, 5.41) is 0. The predicted octanol–water partition coefficient (Wildman–Crippen LogP) is 3.21. The maximum Gasteiger partial charge on any atom is 0.267 e. The van der Waals surface area contributed by atoms with Crippen molar-refractivity contribution >= 4 is 10.1 Å². The van der Waals surface area contributed by atoms with Crippen LogP contribution in [0.15, 0.2) is 0 Å². The zero-order valence-electron chi connectivity index (χ0n) is 11.5. The smallest absolute Gasteiger partial charge is 0.267 e. The van der Waals surface area contributed by atoms with Gasteiger partial charge in [-0.05, 0) is 49.9 Å². The van der Waals surface area contributed by atoms with Crippen LogP contribution in [0.2, 0.25) is 0 Å². The zero-order chi connectivity index (χ0) is 13.1. The van der Waals surface area contributed by atoms with Crippen molar-refractivity contribution in [3.8, 4) is 0 Å². The second-order valence-electron chi connectivity index (χ2n) is 6.21. The minimum atomic E-state index is -3.28. The van der Waals surface area contributed by atoms with Crippen LogP contribution in [0.4, 0.5) is 0 Å². The van der Waals surface area contributed by atoms with Crippen LogP contribution >= 0.6 is 0 Å². The molecule has 0 atom stereocenters. The van der Waals surface area contributed by atoms with E-state index in [9.17, 15) is 8.42 Å². The molecule has 102 valence electrons. The van der Waals surface area contributed by atoms with Gasteiger partial charge in [0.2, 0.25) is 0 Å². The molecule has 4 heteroatoms. The molecule has 1 rings (SSSR count). The van der Waals surface area contributed by atoms with Crippen molar-refractivity contribution in [2.24, 2.45) is 17.3 Å². The lowest BCUT2D eigenvalue weighted by molar-refractivity contribution is 0.155. The van der Waals surface area contributed by atoms with E-state index in [1.807, 2.05) is 0 Å². The molecular weight excluding hydrogens is 236 g/mol. The third-order valence-corrected chi connectivity index (χ3v) is 5.28. The van der Waals surface area contributed by atoms with Gasteiger partial charge < -0.3 is 0 Å².